The summed E-state index contributed by atoms with van der Waals surface area (Å²) in [5, 5.41) is 12.8. The lowest BCUT2D eigenvalue weighted by molar-refractivity contribution is 0.206. The molecular weight excluding hydrogens is 324 g/mol. The molecule has 1 N–H and O–H groups in total. The molecule has 126 valence electrons. The normalized spacial score (nSPS) is 16.7. The summed E-state index contributed by atoms with van der Waals surface area (Å²) in [6, 6.07) is 8.07. The van der Waals surface area contributed by atoms with E-state index in [2.05, 4.69) is 15.5 Å². The molecule has 2 aliphatic carbocycles. The lowest BCUT2D eigenvalue weighted by atomic mass is 10.2. The molecule has 1 aromatic heterocycles. The Balaban J connectivity index is 1.42. The first kappa shape index (κ1) is 15.4. The average Bonchev–Trinajstić information content (AvgIpc) is 3.52. The molecule has 0 unspecified atom stereocenters. The van der Waals surface area contributed by atoms with E-state index in [1.54, 1.807) is 7.11 Å². The number of nitrogens with one attached hydrogen (secondary N) is 1. The average molecular weight is 344 g/mol. The van der Waals surface area contributed by atoms with E-state index in [4.69, 9.17) is 4.74 Å². The van der Waals surface area contributed by atoms with Gasteiger partial charge in [-0.25, -0.2) is 4.79 Å². The lowest BCUT2D eigenvalue weighted by Gasteiger charge is -2.22. The van der Waals surface area contributed by atoms with Gasteiger partial charge in [0.25, 0.3) is 0 Å². The topological polar surface area (TPSA) is 67.3 Å². The maximum absolute atomic E-state index is 12.6. The number of carbonyl (C=O) groups excluding carboxylic acids is 1. The van der Waals surface area contributed by atoms with Crippen LogP contribution < -0.4 is 10.1 Å². The Bertz CT molecular complexity index is 722. The van der Waals surface area contributed by atoms with Gasteiger partial charge >= 0.3 is 6.03 Å². The van der Waals surface area contributed by atoms with Crippen LogP contribution in [0, 0.1) is 0 Å². The number of carbonyl (C=O) groups is 1. The van der Waals surface area contributed by atoms with Gasteiger partial charge in [-0.15, -0.1) is 10.2 Å². The highest BCUT2D eigenvalue weighted by Gasteiger charge is 2.33. The number of urea groups is 1. The fourth-order valence-electron chi connectivity index (χ4n) is 2.62. The van der Waals surface area contributed by atoms with E-state index in [1.807, 2.05) is 29.2 Å². The van der Waals surface area contributed by atoms with Crippen molar-refractivity contribution in [2.24, 2.45) is 0 Å². The molecule has 2 amide bonds. The van der Waals surface area contributed by atoms with Gasteiger partial charge in [0, 0.05) is 18.5 Å². The number of amides is 2. The van der Waals surface area contributed by atoms with Crippen molar-refractivity contribution in [2.75, 3.05) is 12.4 Å². The molecule has 6 nitrogen and oxygen atoms in total. The molecule has 2 saturated carbocycles. The van der Waals surface area contributed by atoms with Gasteiger partial charge < -0.3 is 9.64 Å². The van der Waals surface area contributed by atoms with Crippen LogP contribution in [0.1, 0.15) is 42.2 Å². The van der Waals surface area contributed by atoms with E-state index in [-0.39, 0.29) is 6.03 Å². The summed E-state index contributed by atoms with van der Waals surface area (Å²) in [5.74, 6) is 1.38. The summed E-state index contributed by atoms with van der Waals surface area (Å²) in [6.07, 6.45) is 4.50. The van der Waals surface area contributed by atoms with Crippen LogP contribution in [0.2, 0.25) is 0 Å². The fraction of sp³-hybridized carbons (Fsp3) is 0.471. The van der Waals surface area contributed by atoms with Crippen LogP contribution >= 0.6 is 11.3 Å². The standard InChI is InChI=1S/C17H20N4O2S/c1-23-14-8-2-11(3-9-14)10-21(13-6-7-13)17(22)18-16-20-19-15(24-16)12-4-5-12/h2-3,8-9,12-13H,4-7,10H2,1H3,(H,18,20,22). The Morgan fingerprint density at radius 2 is 2.00 bits per heavy atom. The molecule has 1 heterocycles. The monoisotopic (exact) mass is 344 g/mol. The zero-order chi connectivity index (χ0) is 16.5. The summed E-state index contributed by atoms with van der Waals surface area (Å²) >= 11 is 1.50. The number of nitrogens with zero attached hydrogens (tertiary/aromatic N) is 3. The van der Waals surface area contributed by atoms with E-state index in [0.717, 1.165) is 29.2 Å². The zero-order valence-corrected chi connectivity index (χ0v) is 14.4. The first-order valence-corrected chi connectivity index (χ1v) is 9.08. The van der Waals surface area contributed by atoms with E-state index in [1.165, 1.54) is 24.2 Å². The van der Waals surface area contributed by atoms with Gasteiger partial charge in [-0.1, -0.05) is 23.5 Å². The molecule has 2 aliphatic rings. The Morgan fingerprint density at radius 1 is 1.25 bits per heavy atom. The van der Waals surface area contributed by atoms with Gasteiger partial charge in [0.05, 0.1) is 7.11 Å². The summed E-state index contributed by atoms with van der Waals surface area (Å²) in [5.41, 5.74) is 1.09. The molecule has 2 fully saturated rings. The van der Waals surface area contributed by atoms with E-state index in [9.17, 15) is 4.79 Å². The van der Waals surface area contributed by atoms with Crippen LogP contribution in [0.5, 0.6) is 5.75 Å². The number of rotatable bonds is 6. The van der Waals surface area contributed by atoms with Crippen molar-refractivity contribution in [2.45, 2.75) is 44.2 Å². The molecule has 1 aromatic carbocycles. The third-order valence-corrected chi connectivity index (χ3v) is 5.34. The Morgan fingerprint density at radius 3 is 2.62 bits per heavy atom. The van der Waals surface area contributed by atoms with Crippen molar-refractivity contribution in [1.82, 2.24) is 15.1 Å². The highest BCUT2D eigenvalue weighted by molar-refractivity contribution is 7.15. The molecule has 7 heteroatoms. The Hall–Kier alpha value is -2.15. The van der Waals surface area contributed by atoms with Crippen LogP contribution in [-0.4, -0.2) is 34.3 Å². The fourth-order valence-corrected chi connectivity index (χ4v) is 3.53. The minimum absolute atomic E-state index is 0.0909. The third kappa shape index (κ3) is 3.51. The summed E-state index contributed by atoms with van der Waals surface area (Å²) < 4.78 is 5.18. The second-order valence-corrected chi connectivity index (χ2v) is 7.37. The highest BCUT2D eigenvalue weighted by atomic mass is 32.1. The lowest BCUT2D eigenvalue weighted by Crippen LogP contribution is -2.36. The first-order valence-electron chi connectivity index (χ1n) is 8.27. The molecule has 24 heavy (non-hydrogen) atoms. The Kier molecular flexibility index (Phi) is 4.10. The summed E-state index contributed by atoms with van der Waals surface area (Å²) in [7, 11) is 1.65. The van der Waals surface area contributed by atoms with Crippen LogP contribution in [0.3, 0.4) is 0 Å². The molecule has 4 rings (SSSR count). The molecule has 0 bridgehead atoms. The second-order valence-electron chi connectivity index (χ2n) is 6.36. The van der Waals surface area contributed by atoms with Crippen LogP contribution in [-0.2, 0) is 6.54 Å². The second kappa shape index (κ2) is 6.39. The van der Waals surface area contributed by atoms with Gasteiger partial charge in [0.1, 0.15) is 10.8 Å². The van der Waals surface area contributed by atoms with Crippen LogP contribution in [0.15, 0.2) is 24.3 Å². The van der Waals surface area contributed by atoms with Crippen molar-refractivity contribution in [3.63, 3.8) is 0 Å². The van der Waals surface area contributed by atoms with Gasteiger partial charge in [0.15, 0.2) is 0 Å². The van der Waals surface area contributed by atoms with Gasteiger partial charge in [0.2, 0.25) is 5.13 Å². The van der Waals surface area contributed by atoms with Crippen LogP contribution in [0.4, 0.5) is 9.93 Å². The van der Waals surface area contributed by atoms with Gasteiger partial charge in [-0.05, 0) is 43.4 Å². The zero-order valence-electron chi connectivity index (χ0n) is 13.6. The van der Waals surface area contributed by atoms with E-state index in [0.29, 0.717) is 23.6 Å². The maximum Gasteiger partial charge on any atom is 0.324 e. The number of methoxy groups -OCH3 is 1. The highest BCUT2D eigenvalue weighted by Crippen LogP contribution is 2.42. The number of ether oxygens (including phenoxy) is 1. The minimum atomic E-state index is -0.0909. The van der Waals surface area contributed by atoms with Gasteiger partial charge in [-0.3, -0.25) is 5.32 Å². The summed E-state index contributed by atoms with van der Waals surface area (Å²) in [4.78, 5) is 14.5. The maximum atomic E-state index is 12.6. The number of aromatic nitrogens is 2. The minimum Gasteiger partial charge on any atom is -0.497 e. The predicted octanol–water partition coefficient (Wildman–Crippen LogP) is 3.62. The van der Waals surface area contributed by atoms with Crippen LogP contribution in [0.25, 0.3) is 0 Å². The Labute approximate surface area is 144 Å². The van der Waals surface area contributed by atoms with E-state index >= 15 is 0 Å². The van der Waals surface area contributed by atoms with Gasteiger partial charge in [-0.2, -0.15) is 0 Å². The van der Waals surface area contributed by atoms with Crippen molar-refractivity contribution >= 4 is 22.5 Å². The molecular formula is C17H20N4O2S. The number of benzene rings is 1. The molecule has 0 saturated heterocycles. The molecule has 0 aliphatic heterocycles. The molecule has 2 aromatic rings. The van der Waals surface area contributed by atoms with E-state index < -0.39 is 0 Å². The molecule has 0 radical (unpaired) electrons. The van der Waals surface area contributed by atoms with Crippen molar-refractivity contribution in [1.29, 1.82) is 0 Å². The quantitative estimate of drug-likeness (QED) is 0.869. The third-order valence-electron chi connectivity index (χ3n) is 4.34. The molecule has 0 atom stereocenters. The first-order chi connectivity index (χ1) is 11.7. The number of hydrogen-bond acceptors (Lipinski definition) is 5. The predicted molar refractivity (Wildman–Crippen MR) is 92.5 cm³/mol. The number of anilines is 1. The SMILES string of the molecule is COc1ccc(CN(C(=O)Nc2nnc(C3CC3)s2)C2CC2)cc1. The van der Waals surface area contributed by atoms with Crippen molar-refractivity contribution < 1.29 is 9.53 Å². The van der Waals surface area contributed by atoms with Crippen molar-refractivity contribution in [3.05, 3.63) is 34.8 Å². The molecule has 0 spiro atoms. The largest absolute Gasteiger partial charge is 0.497 e. The van der Waals surface area contributed by atoms with Crippen molar-refractivity contribution in [3.8, 4) is 5.75 Å². The number of hydrogen-bond donors (Lipinski definition) is 1. The smallest absolute Gasteiger partial charge is 0.324 e. The summed E-state index contributed by atoms with van der Waals surface area (Å²) in [6.45, 7) is 0.592.